The summed E-state index contributed by atoms with van der Waals surface area (Å²) in [5.74, 6) is -1.35. The number of benzene rings is 2. The van der Waals surface area contributed by atoms with Gasteiger partial charge < -0.3 is 9.90 Å². The zero-order valence-corrected chi connectivity index (χ0v) is 14.0. The summed E-state index contributed by atoms with van der Waals surface area (Å²) in [6.07, 6.45) is 0. The van der Waals surface area contributed by atoms with Crippen LogP contribution in [0.3, 0.4) is 0 Å². The second kappa shape index (κ2) is 6.04. The van der Waals surface area contributed by atoms with Gasteiger partial charge in [0.15, 0.2) is 0 Å². The Labute approximate surface area is 136 Å². The molecule has 23 heavy (non-hydrogen) atoms. The van der Waals surface area contributed by atoms with Crippen molar-refractivity contribution >= 4 is 21.7 Å². The fourth-order valence-corrected chi connectivity index (χ4v) is 3.08. The Morgan fingerprint density at radius 1 is 0.957 bits per heavy atom. The van der Waals surface area contributed by atoms with Crippen LogP contribution in [-0.4, -0.2) is 14.4 Å². The zero-order valence-electron chi connectivity index (χ0n) is 13.2. The molecule has 0 amide bonds. The number of rotatable bonds is 4. The molecule has 0 spiro atoms. The van der Waals surface area contributed by atoms with E-state index in [9.17, 15) is 18.3 Å². The van der Waals surface area contributed by atoms with E-state index in [2.05, 4.69) is 25.5 Å². The average Bonchev–Trinajstić information content (AvgIpc) is 2.46. The van der Waals surface area contributed by atoms with Crippen LogP contribution in [0.4, 0.5) is 5.69 Å². The summed E-state index contributed by atoms with van der Waals surface area (Å²) in [5.41, 5.74) is 1.46. The number of sulfonamides is 1. The third kappa shape index (κ3) is 4.10. The van der Waals surface area contributed by atoms with E-state index in [1.807, 2.05) is 12.1 Å². The highest BCUT2D eigenvalue weighted by molar-refractivity contribution is 7.92. The van der Waals surface area contributed by atoms with Gasteiger partial charge in [0.05, 0.1) is 10.9 Å². The fraction of sp³-hybridized carbons (Fsp3) is 0.235. The van der Waals surface area contributed by atoms with Crippen LogP contribution in [0.15, 0.2) is 53.4 Å². The van der Waals surface area contributed by atoms with Gasteiger partial charge in [-0.2, -0.15) is 0 Å². The van der Waals surface area contributed by atoms with Gasteiger partial charge in [-0.25, -0.2) is 8.42 Å². The number of carbonyl (C=O) groups is 1. The molecule has 2 rings (SSSR count). The number of carboxylic acids is 1. The first kappa shape index (κ1) is 17.0. The molecule has 1 N–H and O–H groups in total. The number of hydrogen-bond acceptors (Lipinski definition) is 4. The van der Waals surface area contributed by atoms with Crippen molar-refractivity contribution in [3.63, 3.8) is 0 Å². The Hall–Kier alpha value is -2.34. The molecule has 0 aromatic heterocycles. The quantitative estimate of drug-likeness (QED) is 0.929. The van der Waals surface area contributed by atoms with Gasteiger partial charge >= 0.3 is 0 Å². The van der Waals surface area contributed by atoms with Crippen LogP contribution in [0.1, 0.15) is 36.7 Å². The van der Waals surface area contributed by atoms with Crippen LogP contribution in [0.25, 0.3) is 0 Å². The van der Waals surface area contributed by atoms with Gasteiger partial charge in [0.2, 0.25) is 0 Å². The highest BCUT2D eigenvalue weighted by Gasteiger charge is 2.16. The first-order valence-corrected chi connectivity index (χ1v) is 8.53. The molecule has 0 saturated carbocycles. The van der Waals surface area contributed by atoms with E-state index < -0.39 is 16.0 Å². The summed E-state index contributed by atoms with van der Waals surface area (Å²) in [7, 11) is -3.77. The Bertz CT molecular complexity index is 801. The maximum absolute atomic E-state index is 12.3. The lowest BCUT2D eigenvalue weighted by Crippen LogP contribution is -2.22. The molecular weight excluding hydrogens is 314 g/mol. The van der Waals surface area contributed by atoms with Gasteiger partial charge in [-0.15, -0.1) is 0 Å². The smallest absolute Gasteiger partial charge is 0.261 e. The van der Waals surface area contributed by atoms with E-state index in [4.69, 9.17) is 0 Å². The maximum Gasteiger partial charge on any atom is 0.261 e. The fourth-order valence-electron chi connectivity index (χ4n) is 2.02. The lowest BCUT2D eigenvalue weighted by molar-refractivity contribution is -0.255. The lowest BCUT2D eigenvalue weighted by Gasteiger charge is -2.19. The zero-order chi connectivity index (χ0) is 17.3. The van der Waals surface area contributed by atoms with Crippen molar-refractivity contribution in [2.45, 2.75) is 31.1 Å². The highest BCUT2D eigenvalue weighted by Crippen LogP contribution is 2.24. The van der Waals surface area contributed by atoms with Gasteiger partial charge in [-0.05, 0) is 40.8 Å². The Balaban J connectivity index is 2.22. The Kier molecular flexibility index (Phi) is 4.47. The number of nitrogens with one attached hydrogen (secondary N) is 1. The summed E-state index contributed by atoms with van der Waals surface area (Å²) in [6.45, 7) is 6.22. The van der Waals surface area contributed by atoms with Crippen molar-refractivity contribution in [3.8, 4) is 0 Å². The number of anilines is 1. The van der Waals surface area contributed by atoms with Gasteiger partial charge in [0.25, 0.3) is 10.0 Å². The van der Waals surface area contributed by atoms with Gasteiger partial charge in [0.1, 0.15) is 0 Å². The minimum atomic E-state index is -3.77. The van der Waals surface area contributed by atoms with Gasteiger partial charge in [0, 0.05) is 5.69 Å². The number of aromatic carboxylic acids is 1. The Morgan fingerprint density at radius 2 is 1.48 bits per heavy atom. The molecule has 0 radical (unpaired) electrons. The molecule has 0 fully saturated rings. The second-order valence-corrected chi connectivity index (χ2v) is 7.93. The number of carbonyl (C=O) groups excluding carboxylic acids is 1. The van der Waals surface area contributed by atoms with Crippen LogP contribution >= 0.6 is 0 Å². The molecule has 2 aromatic carbocycles. The van der Waals surface area contributed by atoms with Crippen molar-refractivity contribution in [1.82, 2.24) is 0 Å². The number of carboxylic acid groups (broad SMARTS) is 1. The molecule has 0 saturated heterocycles. The van der Waals surface area contributed by atoms with Crippen LogP contribution in [0.5, 0.6) is 0 Å². The van der Waals surface area contributed by atoms with Gasteiger partial charge in [-0.3, -0.25) is 4.72 Å². The highest BCUT2D eigenvalue weighted by atomic mass is 32.2. The van der Waals surface area contributed by atoms with Crippen LogP contribution in [0, 0.1) is 0 Å². The average molecular weight is 332 g/mol. The molecule has 122 valence electrons. The monoisotopic (exact) mass is 332 g/mol. The molecule has 0 atom stereocenters. The molecule has 0 unspecified atom stereocenters. The molecule has 6 heteroatoms. The maximum atomic E-state index is 12.3. The molecule has 0 aliphatic rings. The molecule has 0 aliphatic heterocycles. The van der Waals surface area contributed by atoms with Crippen molar-refractivity contribution in [1.29, 1.82) is 0 Å². The first-order chi connectivity index (χ1) is 10.6. The summed E-state index contributed by atoms with van der Waals surface area (Å²) >= 11 is 0. The summed E-state index contributed by atoms with van der Waals surface area (Å²) < 4.78 is 27.1. The minimum absolute atomic E-state index is 0.0117. The summed E-state index contributed by atoms with van der Waals surface area (Å²) in [5, 5.41) is 10.7. The first-order valence-electron chi connectivity index (χ1n) is 7.04. The van der Waals surface area contributed by atoms with Gasteiger partial charge in [-0.1, -0.05) is 45.0 Å². The number of hydrogen-bond donors (Lipinski definition) is 1. The van der Waals surface area contributed by atoms with Crippen molar-refractivity contribution < 1.29 is 18.3 Å². The largest absolute Gasteiger partial charge is 0.545 e. The summed E-state index contributed by atoms with van der Waals surface area (Å²) in [4.78, 5) is 10.7. The van der Waals surface area contributed by atoms with E-state index in [-0.39, 0.29) is 15.9 Å². The summed E-state index contributed by atoms with van der Waals surface area (Å²) in [6, 6.07) is 12.0. The molecular formula is C17H18NO4S-. The van der Waals surface area contributed by atoms with E-state index in [1.54, 1.807) is 12.1 Å². The third-order valence-corrected chi connectivity index (χ3v) is 4.80. The lowest BCUT2D eigenvalue weighted by atomic mass is 9.87. The molecule has 5 nitrogen and oxygen atoms in total. The minimum Gasteiger partial charge on any atom is -0.545 e. The predicted octanol–water partition coefficient (Wildman–Crippen LogP) is 2.15. The van der Waals surface area contributed by atoms with Crippen LogP contribution < -0.4 is 9.83 Å². The topological polar surface area (TPSA) is 86.3 Å². The van der Waals surface area contributed by atoms with E-state index >= 15 is 0 Å². The second-order valence-electron chi connectivity index (χ2n) is 6.24. The normalized spacial score (nSPS) is 12.0. The Morgan fingerprint density at radius 3 is 1.91 bits per heavy atom. The third-order valence-electron chi connectivity index (χ3n) is 3.40. The van der Waals surface area contributed by atoms with Crippen molar-refractivity contribution in [2.24, 2.45) is 0 Å². The van der Waals surface area contributed by atoms with E-state index in [0.29, 0.717) is 5.69 Å². The standard InChI is InChI=1S/C17H19NO4S/c1-17(2,3)13-6-8-14(9-7-13)18-23(21,22)15-10-4-12(5-11-15)16(19)20/h4-11,18H,1-3H3,(H,19,20)/p-1. The van der Waals surface area contributed by atoms with E-state index in [0.717, 1.165) is 5.56 Å². The molecule has 2 aromatic rings. The molecule has 0 aliphatic carbocycles. The molecule has 0 heterocycles. The SMILES string of the molecule is CC(C)(C)c1ccc(NS(=O)(=O)c2ccc(C(=O)[O-])cc2)cc1. The van der Waals surface area contributed by atoms with Crippen molar-refractivity contribution in [2.75, 3.05) is 4.72 Å². The van der Waals surface area contributed by atoms with Crippen LogP contribution in [-0.2, 0) is 15.4 Å². The van der Waals surface area contributed by atoms with Crippen molar-refractivity contribution in [3.05, 3.63) is 59.7 Å². The van der Waals surface area contributed by atoms with Crippen LogP contribution in [0.2, 0.25) is 0 Å². The molecule has 0 bridgehead atoms. The predicted molar refractivity (Wildman–Crippen MR) is 86.7 cm³/mol. The van der Waals surface area contributed by atoms with E-state index in [1.165, 1.54) is 24.3 Å².